The third-order valence-electron chi connectivity index (χ3n) is 4.24. The van der Waals surface area contributed by atoms with E-state index in [0.29, 0.717) is 32.5 Å². The molecule has 2 aliphatic rings. The van der Waals surface area contributed by atoms with Crippen LogP contribution in [0.5, 0.6) is 0 Å². The predicted octanol–water partition coefficient (Wildman–Crippen LogP) is 2.61. The first-order valence-corrected chi connectivity index (χ1v) is 7.70. The minimum Gasteiger partial charge on any atom is -0.464 e. The van der Waals surface area contributed by atoms with Gasteiger partial charge in [-0.1, -0.05) is 0 Å². The van der Waals surface area contributed by atoms with Crippen LogP contribution in [0.4, 0.5) is 8.78 Å². The first-order chi connectivity index (χ1) is 9.74. The topological polar surface area (TPSA) is 38.8 Å². The van der Waals surface area contributed by atoms with Gasteiger partial charge in [-0.15, -0.1) is 0 Å². The number of carbonyl (C=O) groups is 1. The van der Waals surface area contributed by atoms with E-state index in [2.05, 4.69) is 0 Å². The minimum absolute atomic E-state index is 0.0788. The molecule has 2 atom stereocenters. The molecule has 2 heterocycles. The SMILES string of the molecule is CCOC(=O)C1OC(C)(C)CC1N1CCCC(F)(F)CC1. The molecular formula is C15H25F2NO3. The van der Waals surface area contributed by atoms with Crippen LogP contribution in [0.15, 0.2) is 0 Å². The molecule has 0 aromatic heterocycles. The van der Waals surface area contributed by atoms with Crippen molar-refractivity contribution in [3.8, 4) is 0 Å². The van der Waals surface area contributed by atoms with Crippen molar-refractivity contribution in [3.63, 3.8) is 0 Å². The van der Waals surface area contributed by atoms with Gasteiger partial charge in [-0.05, 0) is 40.2 Å². The van der Waals surface area contributed by atoms with Gasteiger partial charge in [0.05, 0.1) is 12.2 Å². The number of nitrogens with zero attached hydrogens (tertiary/aromatic N) is 1. The Balaban J connectivity index is 2.09. The lowest BCUT2D eigenvalue weighted by atomic mass is 9.99. The Hall–Kier alpha value is -0.750. The number of hydrogen-bond donors (Lipinski definition) is 0. The Morgan fingerprint density at radius 1 is 1.33 bits per heavy atom. The molecule has 0 radical (unpaired) electrons. The third-order valence-corrected chi connectivity index (χ3v) is 4.24. The van der Waals surface area contributed by atoms with Crippen LogP contribution in [0.1, 0.15) is 46.5 Å². The fraction of sp³-hybridized carbons (Fsp3) is 0.933. The summed E-state index contributed by atoms with van der Waals surface area (Å²) in [5, 5.41) is 0. The molecule has 2 fully saturated rings. The average molecular weight is 305 g/mol. The zero-order valence-corrected chi connectivity index (χ0v) is 13.0. The molecule has 0 aromatic rings. The second kappa shape index (κ2) is 6.16. The summed E-state index contributed by atoms with van der Waals surface area (Å²) in [5.74, 6) is -2.98. The second-order valence-electron chi connectivity index (χ2n) is 6.57. The van der Waals surface area contributed by atoms with Crippen LogP contribution in [-0.4, -0.2) is 54.2 Å². The Morgan fingerprint density at radius 2 is 2.05 bits per heavy atom. The molecule has 21 heavy (non-hydrogen) atoms. The quantitative estimate of drug-likeness (QED) is 0.751. The van der Waals surface area contributed by atoms with E-state index in [1.54, 1.807) is 6.92 Å². The van der Waals surface area contributed by atoms with Crippen LogP contribution >= 0.6 is 0 Å². The molecule has 0 bridgehead atoms. The molecular weight excluding hydrogens is 280 g/mol. The maximum atomic E-state index is 13.5. The van der Waals surface area contributed by atoms with Crippen LogP contribution < -0.4 is 0 Å². The fourth-order valence-electron chi connectivity index (χ4n) is 3.25. The lowest BCUT2D eigenvalue weighted by Gasteiger charge is -2.29. The number of esters is 1. The highest BCUT2D eigenvalue weighted by Crippen LogP contribution is 2.36. The second-order valence-corrected chi connectivity index (χ2v) is 6.57. The maximum absolute atomic E-state index is 13.5. The van der Waals surface area contributed by atoms with Gasteiger partial charge in [-0.2, -0.15) is 0 Å². The molecule has 2 saturated heterocycles. The summed E-state index contributed by atoms with van der Waals surface area (Å²) < 4.78 is 37.9. The van der Waals surface area contributed by atoms with Gasteiger partial charge in [-0.25, -0.2) is 13.6 Å². The van der Waals surface area contributed by atoms with Crippen molar-refractivity contribution in [1.29, 1.82) is 0 Å². The molecule has 6 heteroatoms. The zero-order valence-electron chi connectivity index (χ0n) is 13.0. The number of ether oxygens (including phenoxy) is 2. The summed E-state index contributed by atoms with van der Waals surface area (Å²) in [5.41, 5.74) is -0.434. The van der Waals surface area contributed by atoms with Crippen LogP contribution in [0.2, 0.25) is 0 Å². The summed E-state index contributed by atoms with van der Waals surface area (Å²) in [7, 11) is 0. The van der Waals surface area contributed by atoms with E-state index in [9.17, 15) is 13.6 Å². The first-order valence-electron chi connectivity index (χ1n) is 7.70. The van der Waals surface area contributed by atoms with Gasteiger partial charge < -0.3 is 9.47 Å². The summed E-state index contributed by atoms with van der Waals surface area (Å²) in [4.78, 5) is 14.1. The number of halogens is 2. The van der Waals surface area contributed by atoms with Crippen molar-refractivity contribution >= 4 is 5.97 Å². The summed E-state index contributed by atoms with van der Waals surface area (Å²) in [6.07, 6.45) is 0.192. The average Bonchev–Trinajstić information content (AvgIpc) is 2.58. The fourth-order valence-corrected chi connectivity index (χ4v) is 3.25. The van der Waals surface area contributed by atoms with Crippen LogP contribution in [-0.2, 0) is 14.3 Å². The highest BCUT2D eigenvalue weighted by Gasteiger charge is 2.48. The summed E-state index contributed by atoms with van der Waals surface area (Å²) >= 11 is 0. The van der Waals surface area contributed by atoms with Gasteiger partial charge >= 0.3 is 5.97 Å². The smallest absolute Gasteiger partial charge is 0.336 e. The largest absolute Gasteiger partial charge is 0.464 e. The molecule has 0 aliphatic carbocycles. The highest BCUT2D eigenvalue weighted by atomic mass is 19.3. The lowest BCUT2D eigenvalue weighted by molar-refractivity contribution is -0.161. The normalized spacial score (nSPS) is 32.6. The Labute approximate surface area is 124 Å². The number of hydrogen-bond acceptors (Lipinski definition) is 4. The van der Waals surface area contributed by atoms with E-state index in [4.69, 9.17) is 9.47 Å². The van der Waals surface area contributed by atoms with Crippen molar-refractivity contribution in [2.45, 2.75) is 70.1 Å². The van der Waals surface area contributed by atoms with Crippen molar-refractivity contribution < 1.29 is 23.0 Å². The predicted molar refractivity (Wildman–Crippen MR) is 74.4 cm³/mol. The maximum Gasteiger partial charge on any atom is 0.336 e. The lowest BCUT2D eigenvalue weighted by Crippen LogP contribution is -2.45. The van der Waals surface area contributed by atoms with E-state index in [-0.39, 0.29) is 24.9 Å². The highest BCUT2D eigenvalue weighted by molar-refractivity contribution is 5.76. The standard InChI is InChI=1S/C15H25F2NO3/c1-4-20-13(19)12-11(10-14(2,3)21-12)18-8-5-6-15(16,17)7-9-18/h11-12H,4-10H2,1-3H3. The van der Waals surface area contributed by atoms with Crippen LogP contribution in [0, 0.1) is 0 Å². The van der Waals surface area contributed by atoms with Crippen molar-refractivity contribution in [3.05, 3.63) is 0 Å². The Morgan fingerprint density at radius 3 is 2.71 bits per heavy atom. The Kier molecular flexibility index (Phi) is 4.88. The van der Waals surface area contributed by atoms with E-state index >= 15 is 0 Å². The Bertz CT molecular complexity index is 387. The van der Waals surface area contributed by atoms with E-state index in [1.165, 1.54) is 0 Å². The molecule has 0 N–H and O–H groups in total. The van der Waals surface area contributed by atoms with Crippen LogP contribution in [0.3, 0.4) is 0 Å². The molecule has 0 amide bonds. The summed E-state index contributed by atoms with van der Waals surface area (Å²) in [6.45, 7) is 6.77. The van der Waals surface area contributed by atoms with Crippen molar-refractivity contribution in [2.75, 3.05) is 19.7 Å². The minimum atomic E-state index is -2.59. The molecule has 0 saturated carbocycles. The number of carbonyl (C=O) groups excluding carboxylic acids is 1. The first kappa shape index (κ1) is 16.6. The van der Waals surface area contributed by atoms with Crippen LogP contribution in [0.25, 0.3) is 0 Å². The number of likely N-dealkylation sites (tertiary alicyclic amines) is 1. The third kappa shape index (κ3) is 4.13. The van der Waals surface area contributed by atoms with Gasteiger partial charge in [0.2, 0.25) is 5.92 Å². The molecule has 122 valence electrons. The monoisotopic (exact) mass is 305 g/mol. The summed E-state index contributed by atoms with van der Waals surface area (Å²) in [6, 6.07) is -0.173. The molecule has 4 nitrogen and oxygen atoms in total. The van der Waals surface area contributed by atoms with E-state index in [1.807, 2.05) is 18.7 Å². The number of rotatable bonds is 3. The molecule has 2 rings (SSSR count). The molecule has 0 aromatic carbocycles. The van der Waals surface area contributed by atoms with Gasteiger partial charge in [0.15, 0.2) is 6.10 Å². The van der Waals surface area contributed by atoms with Gasteiger partial charge in [-0.3, -0.25) is 4.90 Å². The molecule has 2 aliphatic heterocycles. The van der Waals surface area contributed by atoms with Gasteiger partial charge in [0.25, 0.3) is 0 Å². The van der Waals surface area contributed by atoms with E-state index < -0.39 is 17.6 Å². The van der Waals surface area contributed by atoms with Gasteiger partial charge in [0.1, 0.15) is 0 Å². The number of alkyl halides is 2. The zero-order chi connectivity index (χ0) is 15.7. The van der Waals surface area contributed by atoms with Gasteiger partial charge in [0, 0.05) is 25.4 Å². The van der Waals surface area contributed by atoms with E-state index in [0.717, 1.165) is 0 Å². The molecule has 2 unspecified atom stereocenters. The molecule has 0 spiro atoms. The van der Waals surface area contributed by atoms with Crippen molar-refractivity contribution in [2.24, 2.45) is 0 Å². The van der Waals surface area contributed by atoms with Crippen molar-refractivity contribution in [1.82, 2.24) is 4.90 Å².